The van der Waals surface area contributed by atoms with Gasteiger partial charge >= 0.3 is 0 Å². The van der Waals surface area contributed by atoms with Gasteiger partial charge in [0.25, 0.3) is 0 Å². The molecule has 6 N–H and O–H groups in total. The van der Waals surface area contributed by atoms with Gasteiger partial charge in [-0.25, -0.2) is 0 Å². The molecule has 0 aromatic heterocycles. The zero-order valence-electron chi connectivity index (χ0n) is 15.6. The molecule has 0 unspecified atom stereocenters. The highest BCUT2D eigenvalue weighted by molar-refractivity contribution is 4.70. The molecule has 0 saturated carbocycles. The van der Waals surface area contributed by atoms with Crippen molar-refractivity contribution in [3.63, 3.8) is 0 Å². The molecular formula is C17H53N3O2. The molecular weight excluding hydrogens is 278 g/mol. The van der Waals surface area contributed by atoms with Gasteiger partial charge in [0.2, 0.25) is 0 Å². The number of aliphatic hydroxyl groups is 1. The quantitative estimate of drug-likeness (QED) is 0.635. The van der Waals surface area contributed by atoms with E-state index in [0.717, 1.165) is 39.5 Å². The predicted octanol–water partition coefficient (Wildman–Crippen LogP) is 3.49. The molecule has 0 aliphatic carbocycles. The maximum atomic E-state index is 7.00. The summed E-state index contributed by atoms with van der Waals surface area (Å²) in [5.74, 6) is 0. The molecule has 0 aromatic rings. The molecule has 22 heavy (non-hydrogen) atoms. The number of nitrogens with two attached hydrogens (primary N) is 2. The summed E-state index contributed by atoms with van der Waals surface area (Å²) in [6, 6.07) is 0.299. The van der Waals surface area contributed by atoms with Crippen molar-refractivity contribution in [1.82, 2.24) is 5.32 Å². The van der Waals surface area contributed by atoms with Crippen LogP contribution in [0, 0.1) is 0 Å². The van der Waals surface area contributed by atoms with Crippen LogP contribution in [0.25, 0.3) is 0 Å². The average Bonchev–Trinajstić information content (AvgIpc) is 2.54. The highest BCUT2D eigenvalue weighted by Gasteiger charge is 2.16. The van der Waals surface area contributed by atoms with Crippen molar-refractivity contribution in [3.8, 4) is 0 Å². The Balaban J connectivity index is -0.0000000266. The summed E-state index contributed by atoms with van der Waals surface area (Å²) < 4.78 is 5.41. The number of hydrogen-bond donors (Lipinski definition) is 4. The lowest BCUT2D eigenvalue weighted by molar-refractivity contribution is 0.00372. The predicted molar refractivity (Wildman–Crippen MR) is 109 cm³/mol. The Morgan fingerprint density at radius 2 is 1.59 bits per heavy atom. The van der Waals surface area contributed by atoms with Crippen molar-refractivity contribution in [2.75, 3.05) is 34.4 Å². The molecule has 1 aliphatic heterocycles. The summed E-state index contributed by atoms with van der Waals surface area (Å²) in [6.45, 7) is 10.5. The SMILES string of the molecule is C.CCC.CCCNC.CC[C@@H]1CC[C@@H](N)CO1.CN.CO.[HH].[HH].[HH]. The van der Waals surface area contributed by atoms with Crippen LogP contribution in [0.1, 0.15) is 71.5 Å². The topological polar surface area (TPSA) is 93.5 Å². The van der Waals surface area contributed by atoms with Gasteiger partial charge in [-0.3, -0.25) is 0 Å². The van der Waals surface area contributed by atoms with E-state index in [1.165, 1.54) is 19.9 Å². The van der Waals surface area contributed by atoms with Crippen LogP contribution in [0.2, 0.25) is 0 Å². The van der Waals surface area contributed by atoms with E-state index in [0.29, 0.717) is 12.1 Å². The molecule has 1 saturated heterocycles. The second-order valence-electron chi connectivity index (χ2n) is 4.51. The zero-order valence-corrected chi connectivity index (χ0v) is 15.6. The summed E-state index contributed by atoms with van der Waals surface area (Å²) in [5.41, 5.74) is 10.1. The Morgan fingerprint density at radius 3 is 1.77 bits per heavy atom. The van der Waals surface area contributed by atoms with E-state index in [1.54, 1.807) is 0 Å². The van der Waals surface area contributed by atoms with Crippen molar-refractivity contribution in [2.24, 2.45) is 11.5 Å². The van der Waals surface area contributed by atoms with E-state index >= 15 is 0 Å². The number of aliphatic hydroxyl groups excluding tert-OH is 1. The van der Waals surface area contributed by atoms with Crippen molar-refractivity contribution in [2.45, 2.75) is 79.4 Å². The summed E-state index contributed by atoms with van der Waals surface area (Å²) in [6.07, 6.45) is 6.39. The molecule has 0 bridgehead atoms. The van der Waals surface area contributed by atoms with Gasteiger partial charge in [-0.1, -0.05) is 41.5 Å². The average molecular weight is 332 g/mol. The fourth-order valence-corrected chi connectivity index (χ4v) is 1.40. The first-order valence-electron chi connectivity index (χ1n) is 8.20. The van der Waals surface area contributed by atoms with E-state index in [9.17, 15) is 0 Å². The lowest BCUT2D eigenvalue weighted by atomic mass is 10.0. The molecule has 0 radical (unpaired) electrons. The van der Waals surface area contributed by atoms with Gasteiger partial charge < -0.3 is 26.6 Å². The number of rotatable bonds is 3. The Labute approximate surface area is 145 Å². The third-order valence-corrected chi connectivity index (χ3v) is 2.36. The lowest BCUT2D eigenvalue weighted by Gasteiger charge is -2.25. The van der Waals surface area contributed by atoms with Gasteiger partial charge in [0.15, 0.2) is 0 Å². The molecule has 0 spiro atoms. The molecule has 1 heterocycles. The molecule has 0 aromatic carbocycles. The van der Waals surface area contributed by atoms with Gasteiger partial charge in [0.1, 0.15) is 0 Å². The van der Waals surface area contributed by atoms with Crippen LogP contribution in [-0.4, -0.2) is 51.6 Å². The smallest absolute Gasteiger partial charge is 0.0621 e. The van der Waals surface area contributed by atoms with Crippen LogP contribution in [0.3, 0.4) is 0 Å². The van der Waals surface area contributed by atoms with Crippen LogP contribution >= 0.6 is 0 Å². The molecule has 1 rings (SSSR count). The minimum absolute atomic E-state index is 0. The summed E-state index contributed by atoms with van der Waals surface area (Å²) in [4.78, 5) is 0. The first-order chi connectivity index (χ1) is 10.2. The minimum atomic E-state index is 0. The maximum Gasteiger partial charge on any atom is 0.0621 e. The zero-order chi connectivity index (χ0) is 17.5. The number of nitrogens with one attached hydrogen (secondary N) is 1. The van der Waals surface area contributed by atoms with Gasteiger partial charge in [0.05, 0.1) is 12.7 Å². The van der Waals surface area contributed by atoms with Gasteiger partial charge in [-0.05, 0) is 46.3 Å². The van der Waals surface area contributed by atoms with Crippen LogP contribution in [-0.2, 0) is 4.74 Å². The molecule has 0 amide bonds. The fraction of sp³-hybridized carbons (Fsp3) is 1.00. The Morgan fingerprint density at radius 1 is 1.14 bits per heavy atom. The monoisotopic (exact) mass is 331 g/mol. The summed E-state index contributed by atoms with van der Waals surface area (Å²) >= 11 is 0. The van der Waals surface area contributed by atoms with Gasteiger partial charge in [-0.2, -0.15) is 0 Å². The second kappa shape index (κ2) is 37.2. The van der Waals surface area contributed by atoms with E-state index in [1.807, 2.05) is 7.05 Å². The Kier molecular flexibility index (Phi) is 56.5. The summed E-state index contributed by atoms with van der Waals surface area (Å²) in [5, 5.41) is 10.0. The molecule has 5 heteroatoms. The summed E-state index contributed by atoms with van der Waals surface area (Å²) in [7, 11) is 4.46. The van der Waals surface area contributed by atoms with E-state index in [2.05, 4.69) is 38.7 Å². The number of ether oxygens (including phenoxy) is 1. The van der Waals surface area contributed by atoms with Gasteiger partial charge in [0, 0.05) is 17.4 Å². The van der Waals surface area contributed by atoms with Gasteiger partial charge in [-0.15, -0.1) is 0 Å². The Hall–Kier alpha value is -0.200. The number of hydrogen-bond acceptors (Lipinski definition) is 5. The standard InChI is InChI=1S/C7H15NO.C4H11N.C3H8.CH5N.CH4O.CH4.3H2/c1-2-7-4-3-6(8)5-9-7;1-3-4-5-2;1-3-2;2*1-2;;;;/h6-7H,2-5,8H2,1H3;5H,3-4H2,1-2H3;3H2,1-2H3;2H2,1H3;2H,1H3;1H4;3*1H/t6-,7-;;;;;;;;/m1......../s1. The van der Waals surface area contributed by atoms with E-state index < -0.39 is 0 Å². The maximum absolute atomic E-state index is 7.00. The minimum Gasteiger partial charge on any atom is -0.400 e. The molecule has 1 fully saturated rings. The lowest BCUT2D eigenvalue weighted by Crippen LogP contribution is -2.34. The van der Waals surface area contributed by atoms with Crippen molar-refractivity contribution >= 4 is 0 Å². The first kappa shape index (κ1) is 33.4. The Bertz CT molecular complexity index is 142. The van der Waals surface area contributed by atoms with Crippen LogP contribution < -0.4 is 16.8 Å². The van der Waals surface area contributed by atoms with Crippen molar-refractivity contribution in [1.29, 1.82) is 0 Å². The molecule has 2 atom stereocenters. The van der Waals surface area contributed by atoms with E-state index in [4.69, 9.17) is 15.6 Å². The normalized spacial score (nSPS) is 18.3. The first-order valence-corrected chi connectivity index (χ1v) is 8.20. The molecule has 5 nitrogen and oxygen atoms in total. The molecule has 148 valence electrons. The van der Waals surface area contributed by atoms with Crippen LogP contribution in [0.15, 0.2) is 0 Å². The molecule has 1 aliphatic rings. The highest BCUT2D eigenvalue weighted by atomic mass is 16.5. The third kappa shape index (κ3) is 36.7. The second-order valence-corrected chi connectivity index (χ2v) is 4.51. The van der Waals surface area contributed by atoms with E-state index in [-0.39, 0.29) is 11.7 Å². The van der Waals surface area contributed by atoms with Crippen molar-refractivity contribution < 1.29 is 14.1 Å². The van der Waals surface area contributed by atoms with Crippen LogP contribution in [0.4, 0.5) is 0 Å². The van der Waals surface area contributed by atoms with Crippen LogP contribution in [0.5, 0.6) is 0 Å². The highest BCUT2D eigenvalue weighted by Crippen LogP contribution is 2.13. The third-order valence-electron chi connectivity index (χ3n) is 2.36. The van der Waals surface area contributed by atoms with Crippen molar-refractivity contribution in [3.05, 3.63) is 0 Å². The largest absolute Gasteiger partial charge is 0.400 e. The fourth-order valence-electron chi connectivity index (χ4n) is 1.40.